The molecule has 0 radical (unpaired) electrons. The van der Waals surface area contributed by atoms with Crippen LogP contribution in [-0.2, 0) is 6.42 Å². The molecule has 1 fully saturated rings. The predicted molar refractivity (Wildman–Crippen MR) is 131 cm³/mol. The lowest BCUT2D eigenvalue weighted by Gasteiger charge is -2.37. The predicted octanol–water partition coefficient (Wildman–Crippen LogP) is 5.10. The highest BCUT2D eigenvalue weighted by Crippen LogP contribution is 2.34. The summed E-state index contributed by atoms with van der Waals surface area (Å²) < 4.78 is 15.1. The van der Waals surface area contributed by atoms with Crippen LogP contribution in [0.4, 0.5) is 10.1 Å². The van der Waals surface area contributed by atoms with Crippen molar-refractivity contribution in [1.29, 1.82) is 0 Å². The molecule has 0 spiro atoms. The first-order chi connectivity index (χ1) is 16.0. The molecule has 2 atom stereocenters. The maximum absolute atomic E-state index is 14.2. The quantitative estimate of drug-likeness (QED) is 0.420. The average Bonchev–Trinajstić information content (AvgIpc) is 3.22. The SMILES string of the molecule is C[C@@H]1C[C@H](N)CN(c2ccncc2CC(=O)c2ccc3sc(-c4ccccc4F)cc3n2)C1. The van der Waals surface area contributed by atoms with Crippen LogP contribution in [-0.4, -0.2) is 34.9 Å². The van der Waals surface area contributed by atoms with Crippen LogP contribution in [0, 0.1) is 11.7 Å². The van der Waals surface area contributed by atoms with E-state index in [1.54, 1.807) is 30.6 Å². The monoisotopic (exact) mass is 460 g/mol. The molecular weight excluding hydrogens is 435 g/mol. The third kappa shape index (κ3) is 4.51. The second-order valence-electron chi connectivity index (χ2n) is 8.78. The van der Waals surface area contributed by atoms with Gasteiger partial charge in [-0.25, -0.2) is 9.37 Å². The number of rotatable bonds is 5. The minimum absolute atomic E-state index is 0.0702. The molecule has 1 aromatic carbocycles. The van der Waals surface area contributed by atoms with Crippen molar-refractivity contribution in [3.05, 3.63) is 78.0 Å². The number of halogens is 1. The topological polar surface area (TPSA) is 72.1 Å². The Balaban J connectivity index is 1.40. The number of carbonyl (C=O) groups excluding carboxylic acids is 1. The zero-order chi connectivity index (χ0) is 22.9. The van der Waals surface area contributed by atoms with Gasteiger partial charge in [-0.05, 0) is 42.7 Å². The third-order valence-corrected chi connectivity index (χ3v) is 7.18. The van der Waals surface area contributed by atoms with E-state index in [-0.39, 0.29) is 24.1 Å². The second-order valence-corrected chi connectivity index (χ2v) is 9.86. The highest BCUT2D eigenvalue weighted by Gasteiger charge is 2.25. The van der Waals surface area contributed by atoms with Gasteiger partial charge in [0.1, 0.15) is 11.5 Å². The minimum Gasteiger partial charge on any atom is -0.369 e. The molecule has 1 aliphatic heterocycles. The Morgan fingerprint density at radius 1 is 1.21 bits per heavy atom. The van der Waals surface area contributed by atoms with Crippen molar-refractivity contribution in [1.82, 2.24) is 9.97 Å². The van der Waals surface area contributed by atoms with Crippen LogP contribution < -0.4 is 10.6 Å². The normalized spacial score (nSPS) is 18.6. The molecule has 0 unspecified atom stereocenters. The van der Waals surface area contributed by atoms with Crippen molar-refractivity contribution < 1.29 is 9.18 Å². The molecule has 7 heteroatoms. The molecule has 0 bridgehead atoms. The Labute approximate surface area is 196 Å². The Kier molecular flexibility index (Phi) is 5.91. The fourth-order valence-corrected chi connectivity index (χ4v) is 5.63. The number of fused-ring (bicyclic) bond motifs is 1. The standard InChI is InChI=1S/C26H25FN4OS/c1-16-10-18(28)15-31(14-16)23-8-9-29-13-17(23)11-24(32)21-6-7-25-22(30-21)12-26(33-25)19-4-2-3-5-20(19)27/h2-9,12-13,16,18H,10-11,14-15,28H2,1H3/t16-,18+/m1/s1. The van der Waals surface area contributed by atoms with Gasteiger partial charge in [-0.3, -0.25) is 9.78 Å². The number of hydrogen-bond acceptors (Lipinski definition) is 6. The third-order valence-electron chi connectivity index (χ3n) is 6.06. The summed E-state index contributed by atoms with van der Waals surface area (Å²) in [6.07, 6.45) is 4.74. The van der Waals surface area contributed by atoms with Crippen molar-refractivity contribution in [3.8, 4) is 10.4 Å². The molecule has 1 saturated heterocycles. The van der Waals surface area contributed by atoms with E-state index in [9.17, 15) is 9.18 Å². The summed E-state index contributed by atoms with van der Waals surface area (Å²) in [5, 5.41) is 0. The summed E-state index contributed by atoms with van der Waals surface area (Å²) in [7, 11) is 0. The fraction of sp³-hybridized carbons (Fsp3) is 0.269. The van der Waals surface area contributed by atoms with Gasteiger partial charge in [0, 0.05) is 59.6 Å². The van der Waals surface area contributed by atoms with Crippen LogP contribution in [0.2, 0.25) is 0 Å². The molecule has 5 rings (SSSR count). The van der Waals surface area contributed by atoms with Crippen molar-refractivity contribution in [2.24, 2.45) is 11.7 Å². The largest absolute Gasteiger partial charge is 0.369 e. The number of benzene rings is 1. The molecule has 0 saturated carbocycles. The molecule has 1 aliphatic rings. The number of piperidine rings is 1. The van der Waals surface area contributed by atoms with E-state index >= 15 is 0 Å². The summed E-state index contributed by atoms with van der Waals surface area (Å²) in [6, 6.07) is 14.3. The average molecular weight is 461 g/mol. The lowest BCUT2D eigenvalue weighted by atomic mass is 9.95. The minimum atomic E-state index is -0.267. The van der Waals surface area contributed by atoms with Crippen LogP contribution in [0.3, 0.4) is 0 Å². The Morgan fingerprint density at radius 3 is 2.88 bits per heavy atom. The van der Waals surface area contributed by atoms with E-state index in [0.29, 0.717) is 22.7 Å². The van der Waals surface area contributed by atoms with Crippen LogP contribution in [0.1, 0.15) is 29.4 Å². The van der Waals surface area contributed by atoms with Gasteiger partial charge in [0.25, 0.3) is 0 Å². The summed E-state index contributed by atoms with van der Waals surface area (Å²) in [5.74, 6) is 0.159. The van der Waals surface area contributed by atoms with Gasteiger partial charge in [-0.15, -0.1) is 11.3 Å². The molecule has 2 N–H and O–H groups in total. The first-order valence-corrected chi connectivity index (χ1v) is 11.9. The Morgan fingerprint density at radius 2 is 2.06 bits per heavy atom. The van der Waals surface area contributed by atoms with Gasteiger partial charge in [0.15, 0.2) is 5.78 Å². The molecule has 5 nitrogen and oxygen atoms in total. The van der Waals surface area contributed by atoms with Gasteiger partial charge in [0.2, 0.25) is 0 Å². The molecule has 33 heavy (non-hydrogen) atoms. The zero-order valence-electron chi connectivity index (χ0n) is 18.4. The fourth-order valence-electron chi connectivity index (χ4n) is 4.60. The van der Waals surface area contributed by atoms with Crippen molar-refractivity contribution in [2.45, 2.75) is 25.8 Å². The summed E-state index contributed by atoms with van der Waals surface area (Å²) in [6.45, 7) is 3.89. The first-order valence-electron chi connectivity index (χ1n) is 11.1. The number of hydrogen-bond donors (Lipinski definition) is 1. The summed E-state index contributed by atoms with van der Waals surface area (Å²) in [4.78, 5) is 25.1. The van der Waals surface area contributed by atoms with Crippen molar-refractivity contribution >= 4 is 33.0 Å². The molecule has 168 valence electrons. The number of thiophene rings is 1. The van der Waals surface area contributed by atoms with Crippen LogP contribution in [0.25, 0.3) is 20.7 Å². The Bertz CT molecular complexity index is 1310. The lowest BCUT2D eigenvalue weighted by molar-refractivity contribution is 0.0988. The highest BCUT2D eigenvalue weighted by atomic mass is 32.1. The molecule has 0 aliphatic carbocycles. The number of nitrogens with zero attached hydrogens (tertiary/aromatic N) is 3. The van der Waals surface area contributed by atoms with E-state index in [2.05, 4.69) is 21.8 Å². The van der Waals surface area contributed by atoms with E-state index in [4.69, 9.17) is 5.73 Å². The van der Waals surface area contributed by atoms with Gasteiger partial charge in [-0.2, -0.15) is 0 Å². The number of anilines is 1. The number of aromatic nitrogens is 2. The molecule has 3 aromatic heterocycles. The molecule has 0 amide bonds. The van der Waals surface area contributed by atoms with Crippen molar-refractivity contribution in [2.75, 3.05) is 18.0 Å². The van der Waals surface area contributed by atoms with Crippen molar-refractivity contribution in [3.63, 3.8) is 0 Å². The number of Topliss-reactive ketones (excluding diaryl/α,β-unsaturated/α-hetero) is 1. The smallest absolute Gasteiger partial charge is 0.185 e. The van der Waals surface area contributed by atoms with Gasteiger partial charge in [0.05, 0.1) is 10.2 Å². The van der Waals surface area contributed by atoms with E-state index in [0.717, 1.165) is 40.3 Å². The van der Waals surface area contributed by atoms with E-state index < -0.39 is 0 Å². The van der Waals surface area contributed by atoms with E-state index in [1.807, 2.05) is 24.3 Å². The summed E-state index contributed by atoms with van der Waals surface area (Å²) in [5.41, 5.74) is 9.78. The summed E-state index contributed by atoms with van der Waals surface area (Å²) >= 11 is 1.47. The molecule has 4 aromatic rings. The number of nitrogens with two attached hydrogens (primary N) is 1. The van der Waals surface area contributed by atoms with Gasteiger partial charge >= 0.3 is 0 Å². The van der Waals surface area contributed by atoms with Crippen LogP contribution in [0.5, 0.6) is 0 Å². The lowest BCUT2D eigenvalue weighted by Crippen LogP contribution is -2.46. The molecular formula is C26H25FN4OS. The van der Waals surface area contributed by atoms with Crippen LogP contribution >= 0.6 is 11.3 Å². The maximum atomic E-state index is 14.2. The number of ketones is 1. The maximum Gasteiger partial charge on any atom is 0.185 e. The Hall–Kier alpha value is -3.16. The number of pyridine rings is 2. The highest BCUT2D eigenvalue weighted by molar-refractivity contribution is 7.22. The van der Waals surface area contributed by atoms with E-state index in [1.165, 1.54) is 17.4 Å². The van der Waals surface area contributed by atoms with Gasteiger partial charge < -0.3 is 10.6 Å². The zero-order valence-corrected chi connectivity index (χ0v) is 19.2. The number of carbonyl (C=O) groups is 1. The van der Waals surface area contributed by atoms with Gasteiger partial charge in [-0.1, -0.05) is 25.1 Å². The molecule has 4 heterocycles. The van der Waals surface area contributed by atoms with Crippen LogP contribution in [0.15, 0.2) is 60.9 Å². The first kappa shape index (κ1) is 21.7. The second kappa shape index (κ2) is 9.00.